The first-order valence-corrected chi connectivity index (χ1v) is 7.83. The van der Waals surface area contributed by atoms with Gasteiger partial charge < -0.3 is 10.4 Å². The fourth-order valence-electron chi connectivity index (χ4n) is 2.11. The van der Waals surface area contributed by atoms with Gasteiger partial charge in [-0.2, -0.15) is 0 Å². The number of aliphatic hydroxyl groups is 1. The van der Waals surface area contributed by atoms with E-state index < -0.39 is 9.84 Å². The fourth-order valence-corrected chi connectivity index (χ4v) is 3.78. The smallest absolute Gasteiger partial charge is 0.151 e. The van der Waals surface area contributed by atoms with E-state index in [1.54, 1.807) is 0 Å². The molecule has 0 saturated carbocycles. The van der Waals surface area contributed by atoms with E-state index in [0.717, 1.165) is 19.3 Å². The molecule has 0 bridgehead atoms. The van der Waals surface area contributed by atoms with Gasteiger partial charge in [-0.1, -0.05) is 13.8 Å². The Hall–Kier alpha value is -0.130. The van der Waals surface area contributed by atoms with Crippen molar-refractivity contribution in [2.45, 2.75) is 45.3 Å². The van der Waals surface area contributed by atoms with Crippen LogP contribution in [0.15, 0.2) is 0 Å². The van der Waals surface area contributed by atoms with Crippen LogP contribution in [0.4, 0.5) is 0 Å². The van der Waals surface area contributed by atoms with E-state index in [4.69, 9.17) is 0 Å². The molecule has 1 fully saturated rings. The zero-order valence-corrected chi connectivity index (χ0v) is 11.0. The highest BCUT2D eigenvalue weighted by molar-refractivity contribution is 7.91. The zero-order chi connectivity index (χ0) is 12.2. The Morgan fingerprint density at radius 3 is 2.69 bits per heavy atom. The molecule has 0 aromatic carbocycles. The van der Waals surface area contributed by atoms with Crippen molar-refractivity contribution in [1.29, 1.82) is 0 Å². The third-order valence-corrected chi connectivity index (χ3v) is 4.67. The summed E-state index contributed by atoms with van der Waals surface area (Å²) in [6, 6.07) is 0.0283. The van der Waals surface area contributed by atoms with Crippen molar-refractivity contribution in [3.63, 3.8) is 0 Å². The van der Waals surface area contributed by atoms with Gasteiger partial charge >= 0.3 is 0 Å². The molecule has 2 unspecified atom stereocenters. The van der Waals surface area contributed by atoms with Gasteiger partial charge in [0.15, 0.2) is 9.84 Å². The lowest BCUT2D eigenvalue weighted by Gasteiger charge is -2.24. The monoisotopic (exact) mass is 249 g/mol. The molecule has 1 saturated heterocycles. The maximum atomic E-state index is 11.4. The van der Waals surface area contributed by atoms with Gasteiger partial charge in [-0.05, 0) is 25.2 Å². The largest absolute Gasteiger partial charge is 0.392 e. The van der Waals surface area contributed by atoms with Gasteiger partial charge in [-0.25, -0.2) is 8.42 Å². The van der Waals surface area contributed by atoms with E-state index in [2.05, 4.69) is 19.2 Å². The Morgan fingerprint density at radius 1 is 1.44 bits per heavy atom. The van der Waals surface area contributed by atoms with Gasteiger partial charge in [-0.3, -0.25) is 0 Å². The topological polar surface area (TPSA) is 66.4 Å². The molecule has 0 spiro atoms. The summed E-state index contributed by atoms with van der Waals surface area (Å²) in [6.45, 7) is 4.63. The van der Waals surface area contributed by atoms with E-state index in [9.17, 15) is 13.5 Å². The molecule has 1 rings (SSSR count). The van der Waals surface area contributed by atoms with Gasteiger partial charge in [0, 0.05) is 12.6 Å². The molecule has 5 heteroatoms. The summed E-state index contributed by atoms with van der Waals surface area (Å²) in [6.07, 6.45) is 2.02. The van der Waals surface area contributed by atoms with E-state index in [-0.39, 0.29) is 17.9 Å². The van der Waals surface area contributed by atoms with Gasteiger partial charge in [0.05, 0.1) is 17.6 Å². The summed E-state index contributed by atoms with van der Waals surface area (Å²) in [7, 11) is -2.85. The Bertz CT molecular complexity index is 300. The highest BCUT2D eigenvalue weighted by Gasteiger charge is 2.24. The summed E-state index contributed by atoms with van der Waals surface area (Å²) in [5.41, 5.74) is 0. The molecule has 96 valence electrons. The van der Waals surface area contributed by atoms with Crippen LogP contribution in [0.3, 0.4) is 0 Å². The number of nitrogens with one attached hydrogen (secondary N) is 1. The molecular weight excluding hydrogens is 226 g/mol. The molecule has 0 aromatic rings. The third kappa shape index (κ3) is 5.27. The predicted octanol–water partition coefficient (Wildman–Crippen LogP) is 0.560. The number of rotatable bonds is 5. The second-order valence-electron chi connectivity index (χ2n) is 5.15. The van der Waals surface area contributed by atoms with E-state index in [1.807, 2.05) is 0 Å². The number of hydrogen-bond acceptors (Lipinski definition) is 4. The van der Waals surface area contributed by atoms with E-state index >= 15 is 0 Å². The lowest BCUT2D eigenvalue weighted by molar-refractivity contribution is 0.142. The lowest BCUT2D eigenvalue weighted by atomic mass is 10.1. The quantitative estimate of drug-likeness (QED) is 0.747. The van der Waals surface area contributed by atoms with Crippen LogP contribution in [0.1, 0.15) is 33.1 Å². The molecule has 0 aromatic heterocycles. The minimum absolute atomic E-state index is 0.0283. The third-order valence-electron chi connectivity index (χ3n) is 2.85. The molecule has 0 radical (unpaired) electrons. The summed E-state index contributed by atoms with van der Waals surface area (Å²) in [5, 5.41) is 12.8. The van der Waals surface area contributed by atoms with Crippen molar-refractivity contribution in [1.82, 2.24) is 5.32 Å². The van der Waals surface area contributed by atoms with Crippen molar-refractivity contribution in [3.8, 4) is 0 Å². The molecule has 0 aliphatic carbocycles. The zero-order valence-electron chi connectivity index (χ0n) is 10.1. The Morgan fingerprint density at radius 2 is 2.12 bits per heavy atom. The minimum atomic E-state index is -2.85. The Labute approximate surface area is 98.4 Å². The standard InChI is InChI=1S/C11H23NO3S/c1-9(2)6-11(13)7-12-10-4-3-5-16(14,15)8-10/h9-13H,3-8H2,1-2H3. The summed E-state index contributed by atoms with van der Waals surface area (Å²) in [4.78, 5) is 0. The van der Waals surface area contributed by atoms with Crippen LogP contribution in [-0.4, -0.2) is 43.7 Å². The number of aliphatic hydroxyl groups excluding tert-OH is 1. The molecular formula is C11H23NO3S. The first kappa shape index (κ1) is 13.9. The normalized spacial score (nSPS) is 26.9. The average molecular weight is 249 g/mol. The lowest BCUT2D eigenvalue weighted by Crippen LogP contribution is -2.43. The molecule has 2 N–H and O–H groups in total. The molecule has 4 nitrogen and oxygen atoms in total. The van der Waals surface area contributed by atoms with Crippen LogP contribution >= 0.6 is 0 Å². The van der Waals surface area contributed by atoms with Crippen molar-refractivity contribution in [2.75, 3.05) is 18.1 Å². The maximum Gasteiger partial charge on any atom is 0.151 e. The van der Waals surface area contributed by atoms with E-state index in [1.165, 1.54) is 0 Å². The summed E-state index contributed by atoms with van der Waals surface area (Å²) in [5.74, 6) is 1.01. The average Bonchev–Trinajstić information content (AvgIpc) is 2.12. The second-order valence-corrected chi connectivity index (χ2v) is 7.37. The van der Waals surface area contributed by atoms with Gasteiger partial charge in [0.2, 0.25) is 0 Å². The molecule has 1 aliphatic heterocycles. The van der Waals surface area contributed by atoms with E-state index in [0.29, 0.717) is 18.2 Å². The van der Waals surface area contributed by atoms with Crippen molar-refractivity contribution in [2.24, 2.45) is 5.92 Å². The van der Waals surface area contributed by atoms with Crippen LogP contribution in [0.25, 0.3) is 0 Å². The SMILES string of the molecule is CC(C)CC(O)CNC1CCCS(=O)(=O)C1. The molecule has 16 heavy (non-hydrogen) atoms. The number of sulfone groups is 1. The molecule has 1 aliphatic rings. The molecule has 0 amide bonds. The van der Waals surface area contributed by atoms with Crippen molar-refractivity contribution < 1.29 is 13.5 Å². The summed E-state index contributed by atoms with van der Waals surface area (Å²) < 4.78 is 22.8. The first-order valence-electron chi connectivity index (χ1n) is 6.01. The van der Waals surface area contributed by atoms with Crippen molar-refractivity contribution >= 4 is 9.84 Å². The Balaban J connectivity index is 2.27. The second kappa shape index (κ2) is 5.98. The molecule has 1 heterocycles. The van der Waals surface area contributed by atoms with Gasteiger partial charge in [0.25, 0.3) is 0 Å². The first-order chi connectivity index (χ1) is 7.39. The van der Waals surface area contributed by atoms with Gasteiger partial charge in [0.1, 0.15) is 0 Å². The van der Waals surface area contributed by atoms with Crippen LogP contribution < -0.4 is 5.32 Å². The summed E-state index contributed by atoms with van der Waals surface area (Å²) >= 11 is 0. The predicted molar refractivity (Wildman–Crippen MR) is 65.1 cm³/mol. The number of hydrogen-bond donors (Lipinski definition) is 2. The van der Waals surface area contributed by atoms with Crippen LogP contribution in [0.5, 0.6) is 0 Å². The minimum Gasteiger partial charge on any atom is -0.392 e. The maximum absolute atomic E-state index is 11.4. The highest BCUT2D eigenvalue weighted by Crippen LogP contribution is 2.12. The highest BCUT2D eigenvalue weighted by atomic mass is 32.2. The van der Waals surface area contributed by atoms with Crippen LogP contribution in [-0.2, 0) is 9.84 Å². The van der Waals surface area contributed by atoms with Crippen LogP contribution in [0.2, 0.25) is 0 Å². The van der Waals surface area contributed by atoms with Crippen LogP contribution in [0, 0.1) is 5.92 Å². The Kier molecular flexibility index (Phi) is 5.21. The van der Waals surface area contributed by atoms with Crippen molar-refractivity contribution in [3.05, 3.63) is 0 Å². The fraction of sp³-hybridized carbons (Fsp3) is 1.00. The van der Waals surface area contributed by atoms with Gasteiger partial charge in [-0.15, -0.1) is 0 Å². The molecule has 2 atom stereocenters.